The molecule has 178 valence electrons. The Labute approximate surface area is 187 Å². The van der Waals surface area contributed by atoms with E-state index < -0.39 is 40.9 Å². The Hall–Kier alpha value is -3.28. The van der Waals surface area contributed by atoms with Crippen molar-refractivity contribution in [3.8, 4) is 11.3 Å². The Balaban J connectivity index is 1.82. The summed E-state index contributed by atoms with van der Waals surface area (Å²) in [7, 11) is 0. The molecule has 1 saturated heterocycles. The second-order valence-corrected chi connectivity index (χ2v) is 8.76. The van der Waals surface area contributed by atoms with E-state index in [4.69, 9.17) is 0 Å². The van der Waals surface area contributed by atoms with Crippen LogP contribution in [0.5, 0.6) is 0 Å². The van der Waals surface area contributed by atoms with Gasteiger partial charge in [0.15, 0.2) is 5.54 Å². The van der Waals surface area contributed by atoms with Gasteiger partial charge in [-0.3, -0.25) is 14.7 Å². The van der Waals surface area contributed by atoms with Crippen LogP contribution in [0.25, 0.3) is 11.3 Å². The third-order valence-electron chi connectivity index (χ3n) is 5.76. The van der Waals surface area contributed by atoms with Crippen LogP contribution < -0.4 is 5.32 Å². The van der Waals surface area contributed by atoms with Crippen LogP contribution in [0.4, 0.5) is 18.0 Å². The second-order valence-electron chi connectivity index (χ2n) is 8.76. The maximum Gasteiger partial charge on any atom is 0.433 e. The standard InChI is InChI=1S/C21H24F3N5O4/c1-19(2,3)20(16(30)6-7-29(20)18(32)33)17(31)26-10-13-8-14(28-11-27-13)12-4-5-15(25-9-12)21(22,23)24/h4-5,8-9,11,16,30H,6-7,10H2,1-3H3,(H,26,31)(H,32,33)/t16-,20+/m1/s1. The first-order chi connectivity index (χ1) is 15.3. The average Bonchev–Trinajstić information content (AvgIpc) is 3.10. The summed E-state index contributed by atoms with van der Waals surface area (Å²) < 4.78 is 38.2. The van der Waals surface area contributed by atoms with Crippen molar-refractivity contribution in [2.45, 2.75) is 51.6 Å². The maximum atomic E-state index is 13.3. The van der Waals surface area contributed by atoms with E-state index in [1.54, 1.807) is 20.8 Å². The minimum atomic E-state index is -4.56. The number of carbonyl (C=O) groups is 2. The number of aliphatic hydroxyl groups is 1. The highest BCUT2D eigenvalue weighted by atomic mass is 19.4. The third kappa shape index (κ3) is 4.47. The van der Waals surface area contributed by atoms with Crippen LogP contribution in [-0.4, -0.2) is 60.3 Å². The first kappa shape index (κ1) is 24.4. The van der Waals surface area contributed by atoms with Gasteiger partial charge in [0.2, 0.25) is 5.91 Å². The smallest absolute Gasteiger partial charge is 0.433 e. The molecule has 1 fully saturated rings. The maximum absolute atomic E-state index is 13.3. The lowest BCUT2D eigenvalue weighted by Gasteiger charge is -2.47. The molecule has 3 N–H and O–H groups in total. The van der Waals surface area contributed by atoms with Crippen molar-refractivity contribution in [3.63, 3.8) is 0 Å². The molecule has 12 heteroatoms. The van der Waals surface area contributed by atoms with Gasteiger partial charge in [0.25, 0.3) is 0 Å². The molecule has 0 saturated carbocycles. The van der Waals surface area contributed by atoms with Gasteiger partial charge in [0.1, 0.15) is 12.0 Å². The third-order valence-corrected chi connectivity index (χ3v) is 5.76. The summed E-state index contributed by atoms with van der Waals surface area (Å²) in [6.07, 6.45) is -4.71. The Bertz CT molecular complexity index is 1040. The van der Waals surface area contributed by atoms with Crippen molar-refractivity contribution < 1.29 is 33.0 Å². The van der Waals surface area contributed by atoms with E-state index in [1.807, 2.05) is 0 Å². The minimum Gasteiger partial charge on any atom is -0.465 e. The molecule has 2 atom stereocenters. The number of carbonyl (C=O) groups excluding carboxylic acids is 1. The van der Waals surface area contributed by atoms with Crippen LogP contribution in [0.3, 0.4) is 0 Å². The number of halogens is 3. The minimum absolute atomic E-state index is 0.0137. The van der Waals surface area contributed by atoms with Gasteiger partial charge in [-0.15, -0.1) is 0 Å². The van der Waals surface area contributed by atoms with E-state index in [0.717, 1.165) is 17.2 Å². The van der Waals surface area contributed by atoms with Crippen LogP contribution >= 0.6 is 0 Å². The molecule has 3 rings (SSSR count). The monoisotopic (exact) mass is 467 g/mol. The first-order valence-electron chi connectivity index (χ1n) is 10.1. The molecular weight excluding hydrogens is 443 g/mol. The fraction of sp³-hybridized carbons (Fsp3) is 0.476. The summed E-state index contributed by atoms with van der Waals surface area (Å²) in [5, 5.41) is 22.9. The predicted octanol–water partition coefficient (Wildman–Crippen LogP) is 2.70. The zero-order valence-electron chi connectivity index (χ0n) is 18.2. The molecule has 0 bridgehead atoms. The molecule has 2 aromatic rings. The normalized spacial score (nSPS) is 21.2. The van der Waals surface area contributed by atoms with Crippen molar-refractivity contribution in [2.75, 3.05) is 6.54 Å². The summed E-state index contributed by atoms with van der Waals surface area (Å²) in [5.41, 5.74) is -2.69. The number of alkyl halides is 3. The van der Waals surface area contributed by atoms with Crippen LogP contribution in [0.15, 0.2) is 30.7 Å². The first-order valence-corrected chi connectivity index (χ1v) is 10.1. The molecule has 0 aromatic carbocycles. The molecule has 0 aliphatic carbocycles. The number of nitrogens with zero attached hydrogens (tertiary/aromatic N) is 4. The highest BCUT2D eigenvalue weighted by Crippen LogP contribution is 2.44. The summed E-state index contributed by atoms with van der Waals surface area (Å²) in [6, 6.07) is 3.55. The number of aromatic nitrogens is 3. The van der Waals surface area contributed by atoms with E-state index in [0.29, 0.717) is 17.0 Å². The van der Waals surface area contributed by atoms with Crippen molar-refractivity contribution in [2.24, 2.45) is 5.41 Å². The summed E-state index contributed by atoms with van der Waals surface area (Å²) in [4.78, 5) is 37.5. The Morgan fingerprint density at radius 3 is 2.45 bits per heavy atom. The number of rotatable bonds is 4. The molecular formula is C21H24F3N5O4. The topological polar surface area (TPSA) is 129 Å². The highest BCUT2D eigenvalue weighted by molar-refractivity contribution is 5.92. The van der Waals surface area contributed by atoms with E-state index in [2.05, 4.69) is 20.3 Å². The lowest BCUT2D eigenvalue weighted by Crippen LogP contribution is -2.68. The zero-order chi connectivity index (χ0) is 24.6. The van der Waals surface area contributed by atoms with Crippen molar-refractivity contribution in [1.82, 2.24) is 25.2 Å². The van der Waals surface area contributed by atoms with Gasteiger partial charge >= 0.3 is 12.3 Å². The number of likely N-dealkylation sites (tertiary alicyclic amines) is 1. The number of nitrogens with one attached hydrogen (secondary N) is 1. The summed E-state index contributed by atoms with van der Waals surface area (Å²) in [6.45, 7) is 4.94. The number of pyridine rings is 1. The van der Waals surface area contributed by atoms with Crippen LogP contribution in [0, 0.1) is 5.41 Å². The highest BCUT2D eigenvalue weighted by Gasteiger charge is 2.62. The quantitative estimate of drug-likeness (QED) is 0.631. The lowest BCUT2D eigenvalue weighted by molar-refractivity contribution is -0.145. The number of hydrogen-bond acceptors (Lipinski definition) is 6. The molecule has 2 amide bonds. The fourth-order valence-electron chi connectivity index (χ4n) is 4.25. The Morgan fingerprint density at radius 1 is 1.21 bits per heavy atom. The molecule has 0 spiro atoms. The van der Waals surface area contributed by atoms with E-state index in [9.17, 15) is 33.0 Å². The van der Waals surface area contributed by atoms with Crippen molar-refractivity contribution in [3.05, 3.63) is 42.1 Å². The van der Waals surface area contributed by atoms with Crippen LogP contribution in [0.2, 0.25) is 0 Å². The number of hydrogen-bond donors (Lipinski definition) is 3. The lowest BCUT2D eigenvalue weighted by atomic mass is 9.69. The largest absolute Gasteiger partial charge is 0.465 e. The van der Waals surface area contributed by atoms with Gasteiger partial charge in [-0.1, -0.05) is 20.8 Å². The van der Waals surface area contributed by atoms with Gasteiger partial charge < -0.3 is 15.5 Å². The summed E-state index contributed by atoms with van der Waals surface area (Å²) >= 11 is 0. The van der Waals surface area contributed by atoms with Gasteiger partial charge in [0, 0.05) is 18.3 Å². The van der Waals surface area contributed by atoms with Gasteiger partial charge in [0.05, 0.1) is 24.0 Å². The van der Waals surface area contributed by atoms with E-state index >= 15 is 0 Å². The molecule has 33 heavy (non-hydrogen) atoms. The Kier molecular flexibility index (Phi) is 6.33. The van der Waals surface area contributed by atoms with Gasteiger partial charge in [-0.2, -0.15) is 13.2 Å². The van der Waals surface area contributed by atoms with Gasteiger partial charge in [-0.25, -0.2) is 14.8 Å². The molecule has 3 heterocycles. The van der Waals surface area contributed by atoms with Crippen LogP contribution in [0.1, 0.15) is 38.6 Å². The molecule has 1 aliphatic rings. The molecule has 0 unspecified atom stereocenters. The number of carboxylic acid groups (broad SMARTS) is 1. The molecule has 0 radical (unpaired) electrons. The number of aliphatic hydroxyl groups excluding tert-OH is 1. The number of amides is 2. The SMILES string of the molecule is CC(C)(C)[C@@]1(C(=O)NCc2cc(-c3ccc(C(F)(F)F)nc3)ncn2)[C@H](O)CCN1C(=O)O. The van der Waals surface area contributed by atoms with Crippen LogP contribution in [-0.2, 0) is 17.5 Å². The zero-order valence-corrected chi connectivity index (χ0v) is 18.2. The molecule has 9 nitrogen and oxygen atoms in total. The van der Waals surface area contributed by atoms with Crippen molar-refractivity contribution in [1.29, 1.82) is 0 Å². The fourth-order valence-corrected chi connectivity index (χ4v) is 4.25. The van der Waals surface area contributed by atoms with Gasteiger partial charge in [-0.05, 0) is 30.0 Å². The Morgan fingerprint density at radius 2 is 1.91 bits per heavy atom. The van der Waals surface area contributed by atoms with E-state index in [-0.39, 0.29) is 19.5 Å². The molecule has 2 aromatic heterocycles. The second kappa shape index (κ2) is 8.58. The average molecular weight is 467 g/mol. The summed E-state index contributed by atoms with van der Waals surface area (Å²) in [5.74, 6) is -0.668. The predicted molar refractivity (Wildman–Crippen MR) is 110 cm³/mol. The van der Waals surface area contributed by atoms with Crippen molar-refractivity contribution >= 4 is 12.0 Å². The van der Waals surface area contributed by atoms with E-state index in [1.165, 1.54) is 18.5 Å². The molecule has 1 aliphatic heterocycles.